The molecule has 0 bridgehead atoms. The largest absolute Gasteiger partial charge is 0.454 e. The Balaban J connectivity index is 1.61. The number of aryl methyl sites for hydroxylation is 1. The maximum atomic E-state index is 11.6. The fourth-order valence-electron chi connectivity index (χ4n) is 2.42. The van der Waals surface area contributed by atoms with Crippen molar-refractivity contribution in [3.63, 3.8) is 0 Å². The molecule has 3 amide bonds. The van der Waals surface area contributed by atoms with Crippen LogP contribution in [0.3, 0.4) is 0 Å². The third-order valence-electron chi connectivity index (χ3n) is 3.65. The van der Waals surface area contributed by atoms with Crippen molar-refractivity contribution in [3.05, 3.63) is 35.3 Å². The van der Waals surface area contributed by atoms with E-state index in [1.54, 1.807) is 13.0 Å². The van der Waals surface area contributed by atoms with Gasteiger partial charge in [0, 0.05) is 6.54 Å². The second-order valence-corrected chi connectivity index (χ2v) is 5.65. The van der Waals surface area contributed by atoms with Crippen molar-refractivity contribution in [2.24, 2.45) is 0 Å². The first-order valence-corrected chi connectivity index (χ1v) is 8.04. The van der Waals surface area contributed by atoms with E-state index in [-0.39, 0.29) is 5.76 Å². The number of nitrogens with one attached hydrogen (secondary N) is 2. The SMILES string of the molecule is Cc1ccc(C(=O)OCC(=O)NC(=O)NCCC2=CCCCC2)o1. The van der Waals surface area contributed by atoms with E-state index in [1.165, 1.54) is 24.5 Å². The second-order valence-electron chi connectivity index (χ2n) is 5.65. The average Bonchev–Trinajstić information content (AvgIpc) is 3.00. The summed E-state index contributed by atoms with van der Waals surface area (Å²) in [6, 6.07) is 2.48. The molecule has 0 saturated heterocycles. The van der Waals surface area contributed by atoms with Crippen molar-refractivity contribution < 1.29 is 23.5 Å². The fraction of sp³-hybridized carbons (Fsp3) is 0.471. The Morgan fingerprint density at radius 1 is 1.25 bits per heavy atom. The van der Waals surface area contributed by atoms with Crippen molar-refractivity contribution in [3.8, 4) is 0 Å². The van der Waals surface area contributed by atoms with E-state index < -0.39 is 24.5 Å². The number of imide groups is 1. The molecule has 1 heterocycles. The molecule has 0 unspecified atom stereocenters. The van der Waals surface area contributed by atoms with E-state index in [4.69, 9.17) is 9.15 Å². The molecular formula is C17H22N2O5. The first-order valence-electron chi connectivity index (χ1n) is 8.04. The molecular weight excluding hydrogens is 312 g/mol. The number of ether oxygens (including phenoxy) is 1. The third kappa shape index (κ3) is 5.91. The van der Waals surface area contributed by atoms with Crippen molar-refractivity contribution in [2.75, 3.05) is 13.2 Å². The zero-order valence-electron chi connectivity index (χ0n) is 13.7. The standard InChI is InChI=1S/C17H22N2O5/c1-12-7-8-14(24-12)16(21)23-11-15(20)19-17(22)18-10-9-13-5-3-2-4-6-13/h5,7-8H,2-4,6,9-11H2,1H3,(H2,18,19,20,22). The monoisotopic (exact) mass is 334 g/mol. The van der Waals surface area contributed by atoms with Crippen LogP contribution in [0.4, 0.5) is 4.79 Å². The lowest BCUT2D eigenvalue weighted by Crippen LogP contribution is -2.41. The van der Waals surface area contributed by atoms with Crippen molar-refractivity contribution in [1.82, 2.24) is 10.6 Å². The van der Waals surface area contributed by atoms with E-state index in [1.807, 2.05) is 0 Å². The van der Waals surface area contributed by atoms with Gasteiger partial charge >= 0.3 is 12.0 Å². The minimum atomic E-state index is -0.747. The van der Waals surface area contributed by atoms with Crippen LogP contribution in [0, 0.1) is 6.92 Å². The normalized spacial score (nSPS) is 13.8. The molecule has 7 nitrogen and oxygen atoms in total. The number of rotatable bonds is 6. The van der Waals surface area contributed by atoms with E-state index in [9.17, 15) is 14.4 Å². The van der Waals surface area contributed by atoms with Gasteiger partial charge in [-0.2, -0.15) is 0 Å². The molecule has 0 fully saturated rings. The molecule has 0 spiro atoms. The molecule has 0 aliphatic heterocycles. The first kappa shape index (κ1) is 17.8. The lowest BCUT2D eigenvalue weighted by molar-refractivity contribution is -0.123. The smallest absolute Gasteiger partial charge is 0.374 e. The molecule has 0 saturated carbocycles. The molecule has 2 rings (SSSR count). The zero-order valence-corrected chi connectivity index (χ0v) is 13.7. The molecule has 1 aromatic rings. The van der Waals surface area contributed by atoms with Crippen LogP contribution in [-0.2, 0) is 9.53 Å². The number of carbonyl (C=O) groups is 3. The highest BCUT2D eigenvalue weighted by atomic mass is 16.5. The minimum absolute atomic E-state index is 0.0190. The van der Waals surface area contributed by atoms with Crippen LogP contribution < -0.4 is 10.6 Å². The minimum Gasteiger partial charge on any atom is -0.454 e. The number of esters is 1. The second kappa shape index (κ2) is 8.90. The summed E-state index contributed by atoms with van der Waals surface area (Å²) in [5.74, 6) is -0.853. The van der Waals surface area contributed by atoms with Crippen LogP contribution in [0.25, 0.3) is 0 Å². The van der Waals surface area contributed by atoms with E-state index in [0.717, 1.165) is 19.3 Å². The lowest BCUT2D eigenvalue weighted by Gasteiger charge is -2.13. The van der Waals surface area contributed by atoms with Gasteiger partial charge in [0.05, 0.1) is 0 Å². The summed E-state index contributed by atoms with van der Waals surface area (Å²) in [6.07, 6.45) is 7.59. The quantitative estimate of drug-likeness (QED) is 0.615. The summed E-state index contributed by atoms with van der Waals surface area (Å²) >= 11 is 0. The Labute approximate surface area is 140 Å². The van der Waals surface area contributed by atoms with Crippen LogP contribution in [0.5, 0.6) is 0 Å². The lowest BCUT2D eigenvalue weighted by atomic mass is 9.97. The average molecular weight is 334 g/mol. The number of furan rings is 1. The molecule has 2 N–H and O–H groups in total. The highest BCUT2D eigenvalue weighted by Gasteiger charge is 2.15. The van der Waals surface area contributed by atoms with Gasteiger partial charge < -0.3 is 14.5 Å². The predicted octanol–water partition coefficient (Wildman–Crippen LogP) is 2.46. The molecule has 1 aliphatic carbocycles. The van der Waals surface area contributed by atoms with Crippen molar-refractivity contribution >= 4 is 17.9 Å². The molecule has 0 radical (unpaired) electrons. The fourth-order valence-corrected chi connectivity index (χ4v) is 2.42. The van der Waals surface area contributed by atoms with Gasteiger partial charge in [0.2, 0.25) is 5.76 Å². The summed E-state index contributed by atoms with van der Waals surface area (Å²) in [5.41, 5.74) is 1.34. The predicted molar refractivity (Wildman–Crippen MR) is 86.4 cm³/mol. The summed E-state index contributed by atoms with van der Waals surface area (Å²) in [4.78, 5) is 34.8. The van der Waals surface area contributed by atoms with E-state index in [0.29, 0.717) is 12.3 Å². The highest BCUT2D eigenvalue weighted by Crippen LogP contribution is 2.19. The summed E-state index contributed by atoms with van der Waals surface area (Å²) in [7, 11) is 0. The molecule has 24 heavy (non-hydrogen) atoms. The van der Waals surface area contributed by atoms with Crippen molar-refractivity contribution in [2.45, 2.75) is 39.0 Å². The number of amides is 3. The summed E-state index contributed by atoms with van der Waals surface area (Å²) in [6.45, 7) is 1.62. The van der Waals surface area contributed by atoms with Gasteiger partial charge in [0.15, 0.2) is 6.61 Å². The molecule has 1 aliphatic rings. The molecule has 7 heteroatoms. The number of hydrogen-bond acceptors (Lipinski definition) is 5. The maximum Gasteiger partial charge on any atom is 0.374 e. The van der Waals surface area contributed by atoms with Crippen molar-refractivity contribution in [1.29, 1.82) is 0 Å². The van der Waals surface area contributed by atoms with Crippen LogP contribution in [-0.4, -0.2) is 31.1 Å². The van der Waals surface area contributed by atoms with Gasteiger partial charge in [0.25, 0.3) is 5.91 Å². The number of hydrogen-bond donors (Lipinski definition) is 2. The van der Waals surface area contributed by atoms with Gasteiger partial charge in [-0.25, -0.2) is 9.59 Å². The number of carbonyl (C=O) groups excluding carboxylic acids is 3. The molecule has 0 aromatic carbocycles. The summed E-state index contributed by atoms with van der Waals surface area (Å²) < 4.78 is 9.85. The zero-order chi connectivity index (χ0) is 17.4. The topological polar surface area (TPSA) is 97.6 Å². The van der Waals surface area contributed by atoms with Gasteiger partial charge in [-0.1, -0.05) is 11.6 Å². The van der Waals surface area contributed by atoms with Gasteiger partial charge in [-0.05, 0) is 51.2 Å². The maximum absolute atomic E-state index is 11.6. The summed E-state index contributed by atoms with van der Waals surface area (Å²) in [5, 5.41) is 4.73. The van der Waals surface area contributed by atoms with Gasteiger partial charge in [-0.15, -0.1) is 0 Å². The van der Waals surface area contributed by atoms with E-state index >= 15 is 0 Å². The van der Waals surface area contributed by atoms with Crippen LogP contribution in [0.15, 0.2) is 28.2 Å². The Hall–Kier alpha value is -2.57. The van der Waals surface area contributed by atoms with Gasteiger partial charge in [0.1, 0.15) is 5.76 Å². The molecule has 130 valence electrons. The highest BCUT2D eigenvalue weighted by molar-refractivity contribution is 5.96. The Morgan fingerprint density at radius 2 is 2.08 bits per heavy atom. The van der Waals surface area contributed by atoms with Gasteiger partial charge in [-0.3, -0.25) is 10.1 Å². The molecule has 0 atom stereocenters. The Morgan fingerprint density at radius 3 is 2.75 bits per heavy atom. The van der Waals surface area contributed by atoms with Crippen LogP contribution in [0.2, 0.25) is 0 Å². The molecule has 1 aromatic heterocycles. The van der Waals surface area contributed by atoms with Crippen LogP contribution >= 0.6 is 0 Å². The Bertz CT molecular complexity index is 633. The number of allylic oxidation sites excluding steroid dienone is 1. The van der Waals surface area contributed by atoms with E-state index in [2.05, 4.69) is 16.7 Å². The first-order chi connectivity index (χ1) is 11.5. The third-order valence-corrected chi connectivity index (χ3v) is 3.65. The Kier molecular flexibility index (Phi) is 6.60. The van der Waals surface area contributed by atoms with Crippen LogP contribution in [0.1, 0.15) is 48.4 Å². The number of urea groups is 1.